The predicted octanol–water partition coefficient (Wildman–Crippen LogP) is 5.23. The standard InChI is InChI=1S/C29H31N7O2/c1-19-17-36(18-31-19)26-12-11-25(34-29(26)38-4)28-30-14-6-5-8-22(20(2)33-28)21-10-13-27(37-3)23(16-21)24-9-7-15-32-35-24/h7,9-13,15-18,22H,5-6,8,14H2,1-4H3/t22-/m1/s1. The summed E-state index contributed by atoms with van der Waals surface area (Å²) in [6.45, 7) is 4.71. The topological polar surface area (TPSA) is 99.7 Å². The molecule has 0 saturated heterocycles. The first-order valence-electron chi connectivity index (χ1n) is 12.7. The Bertz CT molecular complexity index is 1480. The largest absolute Gasteiger partial charge is 0.496 e. The van der Waals surface area contributed by atoms with E-state index < -0.39 is 0 Å². The van der Waals surface area contributed by atoms with E-state index in [-0.39, 0.29) is 5.92 Å². The van der Waals surface area contributed by atoms with E-state index in [1.807, 2.05) is 48.0 Å². The summed E-state index contributed by atoms with van der Waals surface area (Å²) in [4.78, 5) is 18.9. The summed E-state index contributed by atoms with van der Waals surface area (Å²) in [5, 5.41) is 8.36. The molecule has 1 aromatic carbocycles. The van der Waals surface area contributed by atoms with E-state index in [0.29, 0.717) is 24.0 Å². The van der Waals surface area contributed by atoms with Crippen molar-refractivity contribution in [3.63, 3.8) is 0 Å². The highest BCUT2D eigenvalue weighted by Gasteiger charge is 2.21. The Kier molecular flexibility index (Phi) is 7.53. The Morgan fingerprint density at radius 3 is 2.61 bits per heavy atom. The van der Waals surface area contributed by atoms with Gasteiger partial charge in [-0.15, -0.1) is 0 Å². The zero-order chi connectivity index (χ0) is 26.5. The molecule has 0 N–H and O–H groups in total. The minimum absolute atomic E-state index is 0.120. The van der Waals surface area contributed by atoms with Crippen molar-refractivity contribution in [1.29, 1.82) is 0 Å². The van der Waals surface area contributed by atoms with Crippen LogP contribution in [-0.4, -0.2) is 57.0 Å². The lowest BCUT2D eigenvalue weighted by Gasteiger charge is -2.19. The van der Waals surface area contributed by atoms with Gasteiger partial charge in [-0.25, -0.2) is 15.0 Å². The number of hydrogen-bond acceptors (Lipinski definition) is 8. The van der Waals surface area contributed by atoms with Crippen LogP contribution in [0.15, 0.2) is 71.2 Å². The highest BCUT2D eigenvalue weighted by Crippen LogP contribution is 2.34. The summed E-state index contributed by atoms with van der Waals surface area (Å²) in [6, 6.07) is 14.0. The maximum Gasteiger partial charge on any atom is 0.238 e. The van der Waals surface area contributed by atoms with Gasteiger partial charge in [0.05, 0.1) is 31.9 Å². The quantitative estimate of drug-likeness (QED) is 0.353. The van der Waals surface area contributed by atoms with Crippen molar-refractivity contribution in [2.45, 2.75) is 39.0 Å². The molecule has 38 heavy (non-hydrogen) atoms. The van der Waals surface area contributed by atoms with Gasteiger partial charge in [-0.05, 0) is 68.7 Å². The maximum absolute atomic E-state index is 5.63. The molecule has 0 amide bonds. The molecular weight excluding hydrogens is 478 g/mol. The van der Waals surface area contributed by atoms with Crippen molar-refractivity contribution in [3.8, 4) is 28.6 Å². The second-order valence-electron chi connectivity index (χ2n) is 9.22. The van der Waals surface area contributed by atoms with Gasteiger partial charge in [-0.1, -0.05) is 12.5 Å². The van der Waals surface area contributed by atoms with Gasteiger partial charge in [0, 0.05) is 36.1 Å². The summed E-state index contributed by atoms with van der Waals surface area (Å²) in [7, 11) is 3.29. The number of aryl methyl sites for hydroxylation is 1. The van der Waals surface area contributed by atoms with E-state index >= 15 is 0 Å². The lowest BCUT2D eigenvalue weighted by molar-refractivity contribution is 0.395. The van der Waals surface area contributed by atoms with Crippen molar-refractivity contribution in [2.24, 2.45) is 9.98 Å². The van der Waals surface area contributed by atoms with E-state index in [4.69, 9.17) is 24.4 Å². The number of ether oxygens (including phenoxy) is 2. The number of rotatable bonds is 6. The minimum Gasteiger partial charge on any atom is -0.496 e. The minimum atomic E-state index is 0.120. The van der Waals surface area contributed by atoms with E-state index in [0.717, 1.165) is 58.9 Å². The van der Waals surface area contributed by atoms with Gasteiger partial charge in [-0.3, -0.25) is 4.99 Å². The number of pyridine rings is 1. The Morgan fingerprint density at radius 1 is 0.974 bits per heavy atom. The van der Waals surface area contributed by atoms with Gasteiger partial charge < -0.3 is 14.0 Å². The average Bonchev–Trinajstić information content (AvgIpc) is 3.42. The highest BCUT2D eigenvalue weighted by atomic mass is 16.5. The number of amidine groups is 1. The number of hydrogen-bond donors (Lipinski definition) is 0. The maximum atomic E-state index is 5.63. The predicted molar refractivity (Wildman–Crippen MR) is 148 cm³/mol. The fourth-order valence-electron chi connectivity index (χ4n) is 4.73. The number of benzene rings is 1. The Morgan fingerprint density at radius 2 is 1.87 bits per heavy atom. The third-order valence-electron chi connectivity index (χ3n) is 6.68. The average molecular weight is 510 g/mol. The van der Waals surface area contributed by atoms with Crippen LogP contribution in [-0.2, 0) is 0 Å². The van der Waals surface area contributed by atoms with Gasteiger partial charge in [0.15, 0.2) is 5.84 Å². The fourth-order valence-corrected chi connectivity index (χ4v) is 4.73. The first-order chi connectivity index (χ1) is 18.6. The number of aliphatic imine (C=N–C) groups is 2. The van der Waals surface area contributed by atoms with Gasteiger partial charge in [0.1, 0.15) is 17.1 Å². The van der Waals surface area contributed by atoms with Crippen LogP contribution in [0.1, 0.15) is 49.1 Å². The first-order valence-corrected chi connectivity index (χ1v) is 12.7. The van der Waals surface area contributed by atoms with Crippen molar-refractivity contribution >= 4 is 11.5 Å². The third kappa shape index (κ3) is 5.32. The molecule has 0 unspecified atom stereocenters. The van der Waals surface area contributed by atoms with Crippen molar-refractivity contribution in [3.05, 3.63) is 78.1 Å². The highest BCUT2D eigenvalue weighted by molar-refractivity contribution is 6.07. The zero-order valence-electron chi connectivity index (χ0n) is 22.1. The van der Waals surface area contributed by atoms with E-state index in [1.165, 1.54) is 0 Å². The number of methoxy groups -OCH3 is 2. The molecule has 1 aliphatic heterocycles. The van der Waals surface area contributed by atoms with Crippen LogP contribution >= 0.6 is 0 Å². The zero-order valence-corrected chi connectivity index (χ0v) is 22.1. The summed E-state index contributed by atoms with van der Waals surface area (Å²) in [5.74, 6) is 1.99. The van der Waals surface area contributed by atoms with Crippen molar-refractivity contribution in [1.82, 2.24) is 24.7 Å². The Balaban J connectivity index is 1.51. The lowest BCUT2D eigenvalue weighted by atomic mass is 9.88. The fraction of sp³-hybridized carbons (Fsp3) is 0.310. The van der Waals surface area contributed by atoms with Crippen molar-refractivity contribution in [2.75, 3.05) is 20.8 Å². The van der Waals surface area contributed by atoms with E-state index in [1.54, 1.807) is 26.7 Å². The second-order valence-corrected chi connectivity index (χ2v) is 9.22. The molecule has 5 rings (SSSR count). The van der Waals surface area contributed by atoms with Crippen LogP contribution in [0.5, 0.6) is 11.6 Å². The molecule has 1 atom stereocenters. The van der Waals surface area contributed by atoms with Crippen LogP contribution in [0.4, 0.5) is 0 Å². The molecule has 194 valence electrons. The summed E-state index contributed by atoms with van der Waals surface area (Å²) >= 11 is 0. The molecule has 0 radical (unpaired) electrons. The van der Waals surface area contributed by atoms with Gasteiger partial charge in [0.2, 0.25) is 5.88 Å². The molecule has 9 nitrogen and oxygen atoms in total. The molecule has 0 aliphatic carbocycles. The molecule has 1 aliphatic rings. The van der Waals surface area contributed by atoms with E-state index in [2.05, 4.69) is 34.2 Å². The smallest absolute Gasteiger partial charge is 0.238 e. The molecule has 0 spiro atoms. The van der Waals surface area contributed by atoms with Crippen molar-refractivity contribution < 1.29 is 9.47 Å². The first kappa shape index (κ1) is 25.3. The molecule has 0 saturated carbocycles. The number of aromatic nitrogens is 5. The second kappa shape index (κ2) is 11.3. The molecule has 0 fully saturated rings. The molecule has 0 bridgehead atoms. The van der Waals surface area contributed by atoms with Crippen LogP contribution < -0.4 is 9.47 Å². The molecule has 4 heterocycles. The third-order valence-corrected chi connectivity index (χ3v) is 6.68. The molecule has 4 aromatic rings. The monoisotopic (exact) mass is 509 g/mol. The summed E-state index contributed by atoms with van der Waals surface area (Å²) in [5.41, 5.74) is 6.24. The van der Waals surface area contributed by atoms with E-state index in [9.17, 15) is 0 Å². The van der Waals surface area contributed by atoms with Gasteiger partial charge in [-0.2, -0.15) is 10.2 Å². The SMILES string of the molecule is COc1ccc([C@@H]2CCCCN=C(c3ccc(-n4cnc(C)c4)c(OC)n3)N=C2C)cc1-c1cccnn1. The Hall–Kier alpha value is -4.40. The summed E-state index contributed by atoms with van der Waals surface area (Å²) in [6.07, 6.45) is 8.34. The number of imidazole rings is 1. The van der Waals surface area contributed by atoms with Crippen LogP contribution in [0.3, 0.4) is 0 Å². The molecular formula is C29H31N7O2. The molecule has 3 aromatic heterocycles. The van der Waals surface area contributed by atoms with Crippen LogP contribution in [0.2, 0.25) is 0 Å². The van der Waals surface area contributed by atoms with Gasteiger partial charge >= 0.3 is 0 Å². The van der Waals surface area contributed by atoms with Crippen LogP contribution in [0.25, 0.3) is 16.9 Å². The van der Waals surface area contributed by atoms with Crippen LogP contribution in [0, 0.1) is 6.92 Å². The number of nitrogens with zero attached hydrogens (tertiary/aromatic N) is 7. The Labute approximate surface area is 222 Å². The lowest BCUT2D eigenvalue weighted by Crippen LogP contribution is -2.13. The normalized spacial score (nSPS) is 16.1. The van der Waals surface area contributed by atoms with Gasteiger partial charge in [0.25, 0.3) is 0 Å². The molecule has 9 heteroatoms. The summed E-state index contributed by atoms with van der Waals surface area (Å²) < 4.78 is 13.2.